The van der Waals surface area contributed by atoms with E-state index in [1.54, 1.807) is 16.8 Å². The molecule has 0 fully saturated rings. The van der Waals surface area contributed by atoms with Crippen molar-refractivity contribution in [1.29, 1.82) is 0 Å². The smallest absolute Gasteiger partial charge is 0.330 e. The van der Waals surface area contributed by atoms with Gasteiger partial charge in [0.15, 0.2) is 6.04 Å². The van der Waals surface area contributed by atoms with Crippen molar-refractivity contribution in [3.8, 4) is 0 Å². The Morgan fingerprint density at radius 3 is 2.39 bits per heavy atom. The summed E-state index contributed by atoms with van der Waals surface area (Å²) in [6, 6.07) is 6.17. The fourth-order valence-electron chi connectivity index (χ4n) is 2.41. The predicted molar refractivity (Wildman–Crippen MR) is 86.1 cm³/mol. The molecule has 0 bridgehead atoms. The van der Waals surface area contributed by atoms with Crippen molar-refractivity contribution >= 4 is 11.9 Å². The third kappa shape index (κ3) is 3.97. The number of aromatic nitrogens is 2. The maximum absolute atomic E-state index is 12.2. The van der Waals surface area contributed by atoms with Gasteiger partial charge in [0, 0.05) is 5.69 Å². The number of nitrogens with one attached hydrogen (secondary N) is 1. The molecule has 1 atom stereocenters. The Kier molecular flexibility index (Phi) is 4.83. The lowest BCUT2D eigenvalue weighted by Gasteiger charge is -2.16. The quantitative estimate of drug-likeness (QED) is 0.884. The Hall–Kier alpha value is -2.63. The zero-order valence-electron chi connectivity index (χ0n) is 13.8. The number of amides is 1. The number of carbonyl (C=O) groups is 2. The molecule has 2 rings (SSSR count). The van der Waals surface area contributed by atoms with Gasteiger partial charge in [-0.25, -0.2) is 4.79 Å². The molecule has 2 aromatic rings. The predicted octanol–water partition coefficient (Wildman–Crippen LogP) is 2.06. The van der Waals surface area contributed by atoms with E-state index >= 15 is 0 Å². The van der Waals surface area contributed by atoms with Crippen LogP contribution in [0.15, 0.2) is 24.3 Å². The third-order valence-corrected chi connectivity index (χ3v) is 3.81. The number of carboxylic acids is 1. The molecule has 122 valence electrons. The molecule has 0 aliphatic rings. The van der Waals surface area contributed by atoms with E-state index in [2.05, 4.69) is 10.4 Å². The highest BCUT2D eigenvalue weighted by atomic mass is 16.4. The largest absolute Gasteiger partial charge is 0.479 e. The molecule has 0 spiro atoms. The Morgan fingerprint density at radius 1 is 1.17 bits per heavy atom. The summed E-state index contributed by atoms with van der Waals surface area (Å²) in [7, 11) is 0. The van der Waals surface area contributed by atoms with E-state index in [9.17, 15) is 14.7 Å². The van der Waals surface area contributed by atoms with Gasteiger partial charge in [0.05, 0.1) is 5.69 Å². The molecule has 6 nitrogen and oxygen atoms in total. The highest BCUT2D eigenvalue weighted by Gasteiger charge is 2.22. The zero-order valence-corrected chi connectivity index (χ0v) is 13.8. The van der Waals surface area contributed by atoms with Gasteiger partial charge in [-0.1, -0.05) is 18.2 Å². The van der Waals surface area contributed by atoms with Gasteiger partial charge < -0.3 is 10.4 Å². The average molecular weight is 315 g/mol. The molecule has 0 radical (unpaired) electrons. The van der Waals surface area contributed by atoms with Gasteiger partial charge in [-0.2, -0.15) is 5.10 Å². The first-order valence-corrected chi connectivity index (χ1v) is 7.38. The monoisotopic (exact) mass is 315 g/mol. The summed E-state index contributed by atoms with van der Waals surface area (Å²) in [6.07, 6.45) is 0. The number of nitrogens with zero attached hydrogens (tertiary/aromatic N) is 2. The Labute approximate surface area is 135 Å². The van der Waals surface area contributed by atoms with Gasteiger partial charge in [-0.3, -0.25) is 9.48 Å². The van der Waals surface area contributed by atoms with Crippen LogP contribution in [0.3, 0.4) is 0 Å². The minimum Gasteiger partial charge on any atom is -0.479 e. The highest BCUT2D eigenvalue weighted by Crippen LogP contribution is 2.17. The summed E-state index contributed by atoms with van der Waals surface area (Å²) in [5.41, 5.74) is 4.30. The normalized spacial score (nSPS) is 12.0. The van der Waals surface area contributed by atoms with Crippen molar-refractivity contribution in [3.63, 3.8) is 0 Å². The minimum absolute atomic E-state index is 0.00566. The van der Waals surface area contributed by atoms with Crippen LogP contribution in [-0.4, -0.2) is 26.8 Å². The van der Waals surface area contributed by atoms with Gasteiger partial charge in [-0.15, -0.1) is 0 Å². The van der Waals surface area contributed by atoms with E-state index in [0.717, 1.165) is 22.5 Å². The number of benzene rings is 1. The minimum atomic E-state index is -1.09. The number of aliphatic carboxylic acids is 1. The van der Waals surface area contributed by atoms with Crippen molar-refractivity contribution in [1.82, 2.24) is 15.1 Å². The van der Waals surface area contributed by atoms with Crippen molar-refractivity contribution < 1.29 is 14.7 Å². The maximum Gasteiger partial charge on any atom is 0.330 e. The summed E-state index contributed by atoms with van der Waals surface area (Å²) < 4.78 is 1.56. The van der Waals surface area contributed by atoms with Crippen LogP contribution in [0, 0.1) is 27.7 Å². The number of hydrogen-bond acceptors (Lipinski definition) is 3. The first-order valence-electron chi connectivity index (χ1n) is 7.38. The van der Waals surface area contributed by atoms with Crippen LogP contribution < -0.4 is 5.32 Å². The molecule has 1 amide bonds. The van der Waals surface area contributed by atoms with Crippen LogP contribution in [0.5, 0.6) is 0 Å². The van der Waals surface area contributed by atoms with Crippen LogP contribution in [0.2, 0.25) is 0 Å². The molecule has 2 N–H and O–H groups in total. The third-order valence-electron chi connectivity index (χ3n) is 3.81. The van der Waals surface area contributed by atoms with Crippen LogP contribution in [0.4, 0.5) is 0 Å². The summed E-state index contributed by atoms with van der Waals surface area (Å²) >= 11 is 0. The number of carbonyl (C=O) groups excluding carboxylic acids is 1. The van der Waals surface area contributed by atoms with Gasteiger partial charge in [0.2, 0.25) is 5.91 Å². The molecule has 1 heterocycles. The number of aryl methyl sites for hydroxylation is 4. The Morgan fingerprint density at radius 2 is 1.87 bits per heavy atom. The van der Waals surface area contributed by atoms with Crippen LogP contribution in [0.1, 0.15) is 34.1 Å². The summed E-state index contributed by atoms with van der Waals surface area (Å²) in [4.78, 5) is 23.7. The van der Waals surface area contributed by atoms with E-state index in [-0.39, 0.29) is 12.5 Å². The second kappa shape index (κ2) is 6.64. The van der Waals surface area contributed by atoms with Crippen molar-refractivity contribution in [2.45, 2.75) is 40.3 Å². The van der Waals surface area contributed by atoms with E-state index in [1.165, 1.54) is 0 Å². The molecule has 0 aliphatic heterocycles. The van der Waals surface area contributed by atoms with Crippen molar-refractivity contribution in [2.24, 2.45) is 0 Å². The fourth-order valence-corrected chi connectivity index (χ4v) is 2.41. The van der Waals surface area contributed by atoms with Crippen LogP contribution in [-0.2, 0) is 16.1 Å². The molecular formula is C17H21N3O3. The topological polar surface area (TPSA) is 84.2 Å². The van der Waals surface area contributed by atoms with Gasteiger partial charge in [-0.05, 0) is 50.5 Å². The average Bonchev–Trinajstić information content (AvgIpc) is 2.77. The summed E-state index contributed by atoms with van der Waals surface area (Å²) in [5, 5.41) is 16.2. The van der Waals surface area contributed by atoms with Crippen molar-refractivity contribution in [2.75, 3.05) is 0 Å². The van der Waals surface area contributed by atoms with E-state index in [4.69, 9.17) is 0 Å². The SMILES string of the molecule is Cc1cc(C)n(CC(=O)NC(C(=O)O)c2ccc(C)c(C)c2)n1. The number of rotatable bonds is 5. The zero-order chi connectivity index (χ0) is 17.1. The summed E-state index contributed by atoms with van der Waals surface area (Å²) in [6.45, 7) is 7.56. The lowest BCUT2D eigenvalue weighted by atomic mass is 10.0. The maximum atomic E-state index is 12.2. The first kappa shape index (κ1) is 16.7. The van der Waals surface area contributed by atoms with E-state index in [0.29, 0.717) is 5.56 Å². The lowest BCUT2D eigenvalue weighted by Crippen LogP contribution is -2.36. The molecule has 23 heavy (non-hydrogen) atoms. The van der Waals surface area contributed by atoms with E-state index in [1.807, 2.05) is 39.8 Å². The van der Waals surface area contributed by atoms with Gasteiger partial charge in [0.1, 0.15) is 6.54 Å². The van der Waals surface area contributed by atoms with Crippen LogP contribution >= 0.6 is 0 Å². The Balaban J connectivity index is 2.16. The second-order valence-electron chi connectivity index (χ2n) is 5.77. The molecule has 1 aromatic heterocycles. The van der Waals surface area contributed by atoms with E-state index < -0.39 is 12.0 Å². The molecule has 1 aromatic carbocycles. The first-order chi connectivity index (χ1) is 10.8. The summed E-state index contributed by atoms with van der Waals surface area (Å²) in [5.74, 6) is -1.48. The standard InChI is InChI=1S/C17H21N3O3/c1-10-5-6-14(7-11(10)2)16(17(22)23)18-15(21)9-20-13(4)8-12(3)19-20/h5-8,16H,9H2,1-4H3,(H,18,21)(H,22,23). The molecule has 1 unspecified atom stereocenters. The fraction of sp³-hybridized carbons (Fsp3) is 0.353. The molecule has 6 heteroatoms. The van der Waals surface area contributed by atoms with Crippen molar-refractivity contribution in [3.05, 3.63) is 52.3 Å². The van der Waals surface area contributed by atoms with Gasteiger partial charge in [0.25, 0.3) is 0 Å². The number of hydrogen-bond donors (Lipinski definition) is 2. The second-order valence-corrected chi connectivity index (χ2v) is 5.77. The lowest BCUT2D eigenvalue weighted by molar-refractivity contribution is -0.142. The van der Waals surface area contributed by atoms with Crippen LogP contribution in [0.25, 0.3) is 0 Å². The number of carboxylic acid groups (broad SMARTS) is 1. The molecule has 0 saturated carbocycles. The molecular weight excluding hydrogens is 294 g/mol. The van der Waals surface area contributed by atoms with Gasteiger partial charge >= 0.3 is 5.97 Å². The molecule has 0 saturated heterocycles. The highest BCUT2D eigenvalue weighted by molar-refractivity contribution is 5.84. The molecule has 0 aliphatic carbocycles. The Bertz CT molecular complexity index is 750.